The van der Waals surface area contributed by atoms with Crippen molar-refractivity contribution in [3.63, 3.8) is 0 Å². The van der Waals surface area contributed by atoms with Crippen LogP contribution in [0.4, 0.5) is 0 Å². The third kappa shape index (κ3) is 1.89. The summed E-state index contributed by atoms with van der Waals surface area (Å²) in [5.74, 6) is 1.98. The Hall–Kier alpha value is -2.11. The summed E-state index contributed by atoms with van der Waals surface area (Å²) in [7, 11) is 0. The molecule has 1 spiro atoms. The number of hydrogen-bond acceptors (Lipinski definition) is 4. The van der Waals surface area contributed by atoms with Crippen LogP contribution < -0.4 is 0 Å². The lowest BCUT2D eigenvalue weighted by atomic mass is 9.62. The maximum absolute atomic E-state index is 12.5. The SMILES string of the molecule is Cc1nc(C2CN(C(=O)c3ccoc3)CC23CCC3)n[nH]1. The van der Waals surface area contributed by atoms with Crippen molar-refractivity contribution in [1.82, 2.24) is 20.1 Å². The normalized spacial score (nSPS) is 23.5. The number of likely N-dealkylation sites (tertiary alicyclic amines) is 1. The van der Waals surface area contributed by atoms with E-state index in [9.17, 15) is 4.79 Å². The number of aromatic nitrogens is 3. The first kappa shape index (κ1) is 12.6. The molecule has 4 rings (SSSR count). The van der Waals surface area contributed by atoms with Gasteiger partial charge in [0.15, 0.2) is 5.82 Å². The summed E-state index contributed by atoms with van der Waals surface area (Å²) in [6, 6.07) is 1.72. The van der Waals surface area contributed by atoms with Gasteiger partial charge in [-0.05, 0) is 31.2 Å². The molecule has 6 heteroatoms. The first-order valence-corrected chi connectivity index (χ1v) is 7.38. The number of hydrogen-bond donors (Lipinski definition) is 1. The zero-order valence-electron chi connectivity index (χ0n) is 12.0. The molecule has 6 nitrogen and oxygen atoms in total. The Morgan fingerprint density at radius 2 is 2.38 bits per heavy atom. The van der Waals surface area contributed by atoms with E-state index in [1.807, 2.05) is 11.8 Å². The molecule has 0 radical (unpaired) electrons. The number of carbonyl (C=O) groups excluding carboxylic acids is 1. The van der Waals surface area contributed by atoms with Crippen LogP contribution in [0, 0.1) is 12.3 Å². The number of amides is 1. The molecule has 1 saturated heterocycles. The molecule has 3 heterocycles. The zero-order chi connectivity index (χ0) is 14.4. The summed E-state index contributed by atoms with van der Waals surface area (Å²) in [6.45, 7) is 3.41. The standard InChI is InChI=1S/C15H18N4O2/c1-10-16-13(18-17-10)12-7-19(9-15(12)4-2-5-15)14(20)11-3-6-21-8-11/h3,6,8,12H,2,4-5,7,9H2,1H3,(H,16,17,18). The van der Waals surface area contributed by atoms with Gasteiger partial charge < -0.3 is 9.32 Å². The number of aromatic amines is 1. The number of carbonyl (C=O) groups is 1. The van der Waals surface area contributed by atoms with Gasteiger partial charge >= 0.3 is 0 Å². The molecule has 2 aromatic heterocycles. The number of furan rings is 1. The molecular formula is C15H18N4O2. The van der Waals surface area contributed by atoms with Crippen molar-refractivity contribution in [2.75, 3.05) is 13.1 Å². The summed E-state index contributed by atoms with van der Waals surface area (Å²) in [5, 5.41) is 7.26. The Morgan fingerprint density at radius 1 is 1.52 bits per heavy atom. The second kappa shape index (κ2) is 4.44. The van der Waals surface area contributed by atoms with Crippen LogP contribution in [0.3, 0.4) is 0 Å². The molecule has 0 bridgehead atoms. The second-order valence-electron chi connectivity index (χ2n) is 6.25. The largest absolute Gasteiger partial charge is 0.472 e. The summed E-state index contributed by atoms with van der Waals surface area (Å²) < 4.78 is 5.03. The van der Waals surface area contributed by atoms with E-state index in [4.69, 9.17) is 4.42 Å². The van der Waals surface area contributed by atoms with E-state index in [0.717, 1.165) is 31.0 Å². The third-order valence-electron chi connectivity index (χ3n) is 4.98. The highest BCUT2D eigenvalue weighted by molar-refractivity contribution is 5.94. The highest BCUT2D eigenvalue weighted by Gasteiger charge is 2.53. The molecule has 0 aromatic carbocycles. The highest BCUT2D eigenvalue weighted by Crippen LogP contribution is 2.55. The molecule has 1 unspecified atom stereocenters. The first-order chi connectivity index (χ1) is 10.2. The maximum Gasteiger partial charge on any atom is 0.257 e. The van der Waals surface area contributed by atoms with E-state index >= 15 is 0 Å². The Bertz CT molecular complexity index is 657. The first-order valence-electron chi connectivity index (χ1n) is 7.38. The number of rotatable bonds is 2. The molecule has 1 N–H and O–H groups in total. The highest BCUT2D eigenvalue weighted by atomic mass is 16.3. The predicted octanol–water partition coefficient (Wildman–Crippen LogP) is 2.12. The van der Waals surface area contributed by atoms with E-state index in [0.29, 0.717) is 12.1 Å². The van der Waals surface area contributed by atoms with E-state index in [2.05, 4.69) is 15.2 Å². The topological polar surface area (TPSA) is 75.0 Å². The van der Waals surface area contributed by atoms with Crippen molar-refractivity contribution in [2.24, 2.45) is 5.41 Å². The average Bonchev–Trinajstić information content (AvgIpc) is 3.15. The van der Waals surface area contributed by atoms with E-state index < -0.39 is 0 Å². The summed E-state index contributed by atoms with van der Waals surface area (Å²) >= 11 is 0. The fourth-order valence-electron chi connectivity index (χ4n) is 3.70. The van der Waals surface area contributed by atoms with Gasteiger partial charge in [0.1, 0.15) is 12.1 Å². The van der Waals surface area contributed by atoms with Crippen molar-refractivity contribution in [2.45, 2.75) is 32.1 Å². The molecule has 110 valence electrons. The van der Waals surface area contributed by atoms with Gasteiger partial charge in [-0.25, -0.2) is 4.98 Å². The van der Waals surface area contributed by atoms with Crippen molar-refractivity contribution in [3.05, 3.63) is 35.8 Å². The average molecular weight is 286 g/mol. The van der Waals surface area contributed by atoms with Crippen LogP contribution in [0.15, 0.2) is 23.0 Å². The van der Waals surface area contributed by atoms with E-state index in [-0.39, 0.29) is 17.2 Å². The molecule has 2 fully saturated rings. The Balaban J connectivity index is 1.62. The van der Waals surface area contributed by atoms with Gasteiger partial charge in [-0.2, -0.15) is 5.10 Å². The third-order valence-corrected chi connectivity index (χ3v) is 4.98. The Morgan fingerprint density at radius 3 is 2.95 bits per heavy atom. The van der Waals surface area contributed by atoms with Crippen LogP contribution in [0.25, 0.3) is 0 Å². The molecule has 2 aliphatic rings. The summed E-state index contributed by atoms with van der Waals surface area (Å²) in [6.07, 6.45) is 6.59. The fraction of sp³-hybridized carbons (Fsp3) is 0.533. The van der Waals surface area contributed by atoms with Crippen LogP contribution in [-0.2, 0) is 0 Å². The molecule has 1 amide bonds. The van der Waals surface area contributed by atoms with Crippen molar-refractivity contribution in [3.8, 4) is 0 Å². The van der Waals surface area contributed by atoms with Gasteiger partial charge in [-0.15, -0.1) is 0 Å². The van der Waals surface area contributed by atoms with Gasteiger partial charge in [-0.1, -0.05) is 6.42 Å². The van der Waals surface area contributed by atoms with Crippen molar-refractivity contribution < 1.29 is 9.21 Å². The van der Waals surface area contributed by atoms with Gasteiger partial charge in [0.25, 0.3) is 5.91 Å². The summed E-state index contributed by atoms with van der Waals surface area (Å²) in [5.41, 5.74) is 0.796. The van der Waals surface area contributed by atoms with Crippen LogP contribution in [0.5, 0.6) is 0 Å². The van der Waals surface area contributed by atoms with E-state index in [1.54, 1.807) is 12.3 Å². The number of nitrogens with zero attached hydrogens (tertiary/aromatic N) is 3. The minimum Gasteiger partial charge on any atom is -0.472 e. The van der Waals surface area contributed by atoms with E-state index in [1.165, 1.54) is 12.7 Å². The number of nitrogens with one attached hydrogen (secondary N) is 1. The Labute approximate surface area is 122 Å². The lowest BCUT2D eigenvalue weighted by molar-refractivity contribution is 0.0723. The fourth-order valence-corrected chi connectivity index (χ4v) is 3.70. The molecule has 1 aliphatic heterocycles. The van der Waals surface area contributed by atoms with Crippen molar-refractivity contribution >= 4 is 5.91 Å². The number of H-pyrrole nitrogens is 1. The lowest BCUT2D eigenvalue weighted by Crippen LogP contribution is -2.38. The quantitative estimate of drug-likeness (QED) is 0.917. The molecule has 21 heavy (non-hydrogen) atoms. The molecule has 2 aromatic rings. The van der Waals surface area contributed by atoms with Crippen LogP contribution in [-0.4, -0.2) is 39.1 Å². The minimum absolute atomic E-state index is 0.0461. The summed E-state index contributed by atoms with van der Waals surface area (Å²) in [4.78, 5) is 19.0. The Kier molecular flexibility index (Phi) is 2.67. The van der Waals surface area contributed by atoms with Gasteiger partial charge in [0, 0.05) is 19.0 Å². The number of aryl methyl sites for hydroxylation is 1. The van der Waals surface area contributed by atoms with Gasteiger partial charge in [-0.3, -0.25) is 9.89 Å². The minimum atomic E-state index is 0.0461. The second-order valence-corrected chi connectivity index (χ2v) is 6.25. The predicted molar refractivity (Wildman–Crippen MR) is 74.8 cm³/mol. The van der Waals surface area contributed by atoms with Crippen LogP contribution in [0.1, 0.15) is 47.2 Å². The van der Waals surface area contributed by atoms with Gasteiger partial charge in [0.2, 0.25) is 0 Å². The van der Waals surface area contributed by atoms with Gasteiger partial charge in [0.05, 0.1) is 11.8 Å². The monoisotopic (exact) mass is 286 g/mol. The molecule has 1 aliphatic carbocycles. The zero-order valence-corrected chi connectivity index (χ0v) is 12.0. The molecular weight excluding hydrogens is 268 g/mol. The molecule has 1 saturated carbocycles. The maximum atomic E-state index is 12.5. The lowest BCUT2D eigenvalue weighted by Gasteiger charge is -2.41. The van der Waals surface area contributed by atoms with Crippen LogP contribution >= 0.6 is 0 Å². The van der Waals surface area contributed by atoms with Crippen molar-refractivity contribution in [1.29, 1.82) is 0 Å². The van der Waals surface area contributed by atoms with Crippen LogP contribution in [0.2, 0.25) is 0 Å². The molecule has 1 atom stereocenters. The smallest absolute Gasteiger partial charge is 0.257 e.